The predicted octanol–water partition coefficient (Wildman–Crippen LogP) is 5.18. The van der Waals surface area contributed by atoms with Crippen molar-refractivity contribution in [3.63, 3.8) is 0 Å². The molecule has 0 amide bonds. The molecule has 0 radical (unpaired) electrons. The van der Waals surface area contributed by atoms with Crippen LogP contribution in [0.2, 0.25) is 0 Å². The van der Waals surface area contributed by atoms with Crippen LogP contribution in [0.3, 0.4) is 0 Å². The molecule has 1 atom stereocenters. The van der Waals surface area contributed by atoms with E-state index in [4.69, 9.17) is 15.2 Å². The molecule has 1 aliphatic carbocycles. The molecule has 5 aromatic rings. The van der Waals surface area contributed by atoms with Crippen molar-refractivity contribution in [3.8, 4) is 17.1 Å². The van der Waals surface area contributed by atoms with Gasteiger partial charge in [0.15, 0.2) is 5.82 Å². The fourth-order valence-corrected chi connectivity index (χ4v) is 5.74. The Labute approximate surface area is 282 Å². The highest BCUT2D eigenvalue weighted by Crippen LogP contribution is 2.41. The van der Waals surface area contributed by atoms with Crippen molar-refractivity contribution in [1.29, 1.82) is 0 Å². The zero-order chi connectivity index (χ0) is 35.0. The first kappa shape index (κ1) is 33.4. The zero-order valence-corrected chi connectivity index (χ0v) is 28.1. The molecule has 1 saturated carbocycles. The molecule has 0 bridgehead atoms. The molecule has 2 aromatic carbocycles. The van der Waals surface area contributed by atoms with Gasteiger partial charge in [0.1, 0.15) is 23.8 Å². The Hall–Kier alpha value is -5.46. The van der Waals surface area contributed by atoms with Crippen LogP contribution >= 0.6 is 0 Å². The van der Waals surface area contributed by atoms with E-state index in [1.165, 1.54) is 10.6 Å². The maximum atomic E-state index is 15.5. The summed E-state index contributed by atoms with van der Waals surface area (Å²) in [6, 6.07) is 10.1. The Kier molecular flexibility index (Phi) is 9.02. The van der Waals surface area contributed by atoms with E-state index >= 15 is 4.39 Å². The summed E-state index contributed by atoms with van der Waals surface area (Å²) in [5.41, 5.74) is 7.71. The summed E-state index contributed by atoms with van der Waals surface area (Å²) in [5, 5.41) is 4.66. The molecule has 1 aliphatic rings. The fraction of sp³-hybridized carbons (Fsp3) is 0.361. The Morgan fingerprint density at radius 3 is 2.59 bits per heavy atom. The van der Waals surface area contributed by atoms with E-state index in [-0.39, 0.29) is 30.2 Å². The summed E-state index contributed by atoms with van der Waals surface area (Å²) < 4.78 is 29.6. The van der Waals surface area contributed by atoms with E-state index in [1.807, 2.05) is 12.3 Å². The first-order valence-corrected chi connectivity index (χ1v) is 16.1. The quantitative estimate of drug-likeness (QED) is 0.197. The molecule has 6 rings (SSSR count). The maximum absolute atomic E-state index is 15.5. The number of esters is 2. The molecular weight excluding hydrogens is 629 g/mol. The second-order valence-electron chi connectivity index (χ2n) is 13.5. The third-order valence-electron chi connectivity index (χ3n) is 8.15. The van der Waals surface area contributed by atoms with E-state index in [0.717, 1.165) is 24.0 Å². The van der Waals surface area contributed by atoms with Gasteiger partial charge in [0.25, 0.3) is 5.56 Å². The van der Waals surface area contributed by atoms with Gasteiger partial charge < -0.3 is 15.2 Å². The van der Waals surface area contributed by atoms with Gasteiger partial charge in [-0.1, -0.05) is 25.1 Å². The molecule has 12 nitrogen and oxygen atoms in total. The molecule has 0 aliphatic heterocycles. The van der Waals surface area contributed by atoms with Gasteiger partial charge in [0.2, 0.25) is 5.95 Å². The summed E-state index contributed by atoms with van der Waals surface area (Å²) in [4.78, 5) is 52.9. The Bertz CT molecular complexity index is 2130. The van der Waals surface area contributed by atoms with Crippen LogP contribution in [0.5, 0.6) is 0 Å². The Balaban J connectivity index is 1.41. The van der Waals surface area contributed by atoms with Crippen molar-refractivity contribution in [2.75, 3.05) is 5.73 Å². The molecule has 1 fully saturated rings. The second-order valence-corrected chi connectivity index (χ2v) is 13.5. The monoisotopic (exact) mass is 667 g/mol. The number of ether oxygens (including phenoxy) is 2. The van der Waals surface area contributed by atoms with E-state index in [9.17, 15) is 14.4 Å². The molecule has 0 saturated heterocycles. The number of pyridine rings is 1. The summed E-state index contributed by atoms with van der Waals surface area (Å²) in [7, 11) is 1.80. The number of carbonyl (C=O) groups is 2. The number of hydrogen-bond acceptors (Lipinski definition) is 10. The van der Waals surface area contributed by atoms with Crippen molar-refractivity contribution in [2.45, 2.75) is 71.5 Å². The number of benzene rings is 2. The molecule has 13 heteroatoms. The third-order valence-corrected chi connectivity index (χ3v) is 8.15. The van der Waals surface area contributed by atoms with Gasteiger partial charge >= 0.3 is 11.9 Å². The fourth-order valence-electron chi connectivity index (χ4n) is 5.74. The maximum Gasteiger partial charge on any atom is 0.309 e. The zero-order valence-electron chi connectivity index (χ0n) is 28.1. The van der Waals surface area contributed by atoms with Crippen LogP contribution in [0.1, 0.15) is 75.4 Å². The highest BCUT2D eigenvalue weighted by atomic mass is 19.1. The van der Waals surface area contributed by atoms with E-state index < -0.39 is 34.8 Å². The standard InChI is InChI=1S/C36H38FN7O5/c1-20(13-30(45)49-36(2,3)4)34(47)48-19-26-25(32-40-29(41-35(38)42-32)14-21-17-39-43(5)18-21)7-6-8-28(26)44-12-11-23-15-24(22-9-10-22)16-27(37)31(23)33(44)46/h6-8,11-12,15-18,20,22H,9-10,13-14,19H2,1-5H3,(H2,38,40,41,42)/t20-/m1/s1. The lowest BCUT2D eigenvalue weighted by Crippen LogP contribution is -2.27. The minimum absolute atomic E-state index is 0.0281. The van der Waals surface area contributed by atoms with Crippen LogP contribution in [0.4, 0.5) is 10.3 Å². The Morgan fingerprint density at radius 1 is 1.12 bits per heavy atom. The minimum Gasteiger partial charge on any atom is -0.460 e. The highest BCUT2D eigenvalue weighted by molar-refractivity contribution is 5.84. The lowest BCUT2D eigenvalue weighted by molar-refractivity contribution is -0.161. The number of rotatable bonds is 10. The van der Waals surface area contributed by atoms with E-state index in [2.05, 4.69) is 20.1 Å². The number of aromatic nitrogens is 6. The molecule has 3 heterocycles. The van der Waals surface area contributed by atoms with Crippen LogP contribution in [-0.4, -0.2) is 46.8 Å². The molecule has 254 valence electrons. The summed E-state index contributed by atoms with van der Waals surface area (Å²) in [6.07, 6.45) is 7.25. The SMILES string of the molecule is C[C@H](CC(=O)OC(C)(C)C)C(=O)OCc1c(-c2nc(N)nc(Cc3cnn(C)c3)n2)cccc1-n1ccc2cc(C3CC3)cc(F)c2c1=O. The first-order chi connectivity index (χ1) is 23.3. The van der Waals surface area contributed by atoms with Gasteiger partial charge in [-0.05, 0) is 74.2 Å². The second kappa shape index (κ2) is 13.2. The van der Waals surface area contributed by atoms with Crippen molar-refractivity contribution < 1.29 is 23.5 Å². The van der Waals surface area contributed by atoms with Crippen LogP contribution in [-0.2, 0) is 39.1 Å². The lowest BCUT2D eigenvalue weighted by atomic mass is 10.0. The predicted molar refractivity (Wildman–Crippen MR) is 180 cm³/mol. The summed E-state index contributed by atoms with van der Waals surface area (Å²) in [5.74, 6) is -1.74. The van der Waals surface area contributed by atoms with Gasteiger partial charge in [-0.15, -0.1) is 0 Å². The van der Waals surface area contributed by atoms with Crippen molar-refractivity contribution >= 4 is 28.7 Å². The number of nitrogens with zero attached hydrogens (tertiary/aromatic N) is 6. The van der Waals surface area contributed by atoms with Gasteiger partial charge in [0.05, 0.1) is 29.6 Å². The number of aryl methyl sites for hydroxylation is 1. The number of halogens is 1. The normalized spacial score (nSPS) is 13.8. The average molecular weight is 668 g/mol. The molecule has 2 N–H and O–H groups in total. The molecule has 0 spiro atoms. The number of carbonyl (C=O) groups excluding carboxylic acids is 2. The largest absolute Gasteiger partial charge is 0.460 e. The van der Waals surface area contributed by atoms with E-state index in [1.54, 1.807) is 76.1 Å². The van der Waals surface area contributed by atoms with Gasteiger partial charge in [-0.2, -0.15) is 15.1 Å². The number of anilines is 1. The van der Waals surface area contributed by atoms with Crippen molar-refractivity contribution in [1.82, 2.24) is 29.3 Å². The minimum atomic E-state index is -0.817. The summed E-state index contributed by atoms with van der Waals surface area (Å²) in [6.45, 7) is 6.49. The highest BCUT2D eigenvalue weighted by Gasteiger charge is 2.27. The van der Waals surface area contributed by atoms with Crippen LogP contribution < -0.4 is 11.3 Å². The molecule has 3 aromatic heterocycles. The van der Waals surface area contributed by atoms with Gasteiger partial charge in [-0.3, -0.25) is 23.6 Å². The number of nitrogens with two attached hydrogens (primary N) is 1. The lowest BCUT2D eigenvalue weighted by Gasteiger charge is -2.21. The van der Waals surface area contributed by atoms with Crippen molar-refractivity contribution in [3.05, 3.63) is 93.7 Å². The number of fused-ring (bicyclic) bond motifs is 1. The molecule has 0 unspecified atom stereocenters. The third kappa shape index (κ3) is 7.66. The van der Waals surface area contributed by atoms with Crippen LogP contribution in [0.25, 0.3) is 27.8 Å². The molecule has 49 heavy (non-hydrogen) atoms. The number of hydrogen-bond donors (Lipinski definition) is 1. The molecular formula is C36H38FN7O5. The average Bonchev–Trinajstić information content (AvgIpc) is 3.80. The van der Waals surface area contributed by atoms with Crippen LogP contribution in [0.15, 0.2) is 59.8 Å². The van der Waals surface area contributed by atoms with Crippen molar-refractivity contribution in [2.24, 2.45) is 13.0 Å². The number of nitrogen functional groups attached to an aromatic ring is 1. The van der Waals surface area contributed by atoms with Gasteiger partial charge in [-0.25, -0.2) is 9.37 Å². The van der Waals surface area contributed by atoms with Crippen LogP contribution in [0, 0.1) is 11.7 Å². The van der Waals surface area contributed by atoms with E-state index in [0.29, 0.717) is 40.4 Å². The van der Waals surface area contributed by atoms with Gasteiger partial charge in [0, 0.05) is 37.0 Å². The smallest absolute Gasteiger partial charge is 0.309 e. The Morgan fingerprint density at radius 2 is 1.90 bits per heavy atom. The summed E-state index contributed by atoms with van der Waals surface area (Å²) >= 11 is 0. The first-order valence-electron chi connectivity index (χ1n) is 16.1. The topological polar surface area (TPSA) is 157 Å².